The summed E-state index contributed by atoms with van der Waals surface area (Å²) in [6.45, 7) is 3.34. The Balaban J connectivity index is 2.57. The molecular formula is C19H27F3S. The third-order valence-corrected chi connectivity index (χ3v) is 5.06. The van der Waals surface area contributed by atoms with E-state index in [1.807, 2.05) is 30.3 Å². The molecule has 0 nitrogen and oxygen atoms in total. The number of rotatable bonds is 10. The van der Waals surface area contributed by atoms with Crippen molar-refractivity contribution >= 4 is 11.8 Å². The van der Waals surface area contributed by atoms with E-state index in [2.05, 4.69) is 6.92 Å². The minimum Gasteiger partial charge on any atom is -0.167 e. The Bertz CT molecular complexity index is 451. The zero-order chi connectivity index (χ0) is 17.1. The molecule has 0 aliphatic rings. The van der Waals surface area contributed by atoms with Crippen LogP contribution in [0.5, 0.6) is 0 Å². The van der Waals surface area contributed by atoms with Crippen molar-refractivity contribution in [2.75, 3.05) is 5.75 Å². The van der Waals surface area contributed by atoms with E-state index >= 15 is 0 Å². The molecule has 0 fully saturated rings. The largest absolute Gasteiger partial charge is 0.412 e. The summed E-state index contributed by atoms with van der Waals surface area (Å²) in [5.74, 6) is 0.896. The predicted molar refractivity (Wildman–Crippen MR) is 94.8 cm³/mol. The first kappa shape index (κ1) is 20.1. The highest BCUT2D eigenvalue weighted by molar-refractivity contribution is 7.99. The van der Waals surface area contributed by atoms with E-state index in [0.29, 0.717) is 0 Å². The summed E-state index contributed by atoms with van der Waals surface area (Å²) in [5, 5.41) is -0.228. The lowest BCUT2D eigenvalue weighted by molar-refractivity contribution is -0.0915. The van der Waals surface area contributed by atoms with Gasteiger partial charge in [-0.25, -0.2) is 0 Å². The maximum absolute atomic E-state index is 12.8. The Morgan fingerprint density at radius 2 is 1.65 bits per heavy atom. The van der Waals surface area contributed by atoms with Gasteiger partial charge in [-0.1, -0.05) is 75.4 Å². The zero-order valence-electron chi connectivity index (χ0n) is 14.0. The Hall–Kier alpha value is -0.900. The Morgan fingerprint density at radius 3 is 2.26 bits per heavy atom. The van der Waals surface area contributed by atoms with E-state index in [4.69, 9.17) is 0 Å². The number of benzene rings is 1. The molecule has 0 radical (unpaired) electrons. The van der Waals surface area contributed by atoms with Crippen LogP contribution in [0.1, 0.15) is 63.2 Å². The van der Waals surface area contributed by atoms with Crippen molar-refractivity contribution in [3.63, 3.8) is 0 Å². The molecule has 130 valence electrons. The number of alkyl halides is 3. The van der Waals surface area contributed by atoms with Crippen LogP contribution in [0.25, 0.3) is 0 Å². The van der Waals surface area contributed by atoms with Gasteiger partial charge in [-0.2, -0.15) is 13.2 Å². The Morgan fingerprint density at radius 1 is 1.04 bits per heavy atom. The lowest BCUT2D eigenvalue weighted by Crippen LogP contribution is -2.10. The van der Waals surface area contributed by atoms with Gasteiger partial charge in [0.1, 0.15) is 0 Å². The van der Waals surface area contributed by atoms with Crippen LogP contribution in [0, 0.1) is 0 Å². The standard InChI is InChI=1S/C19H27F3S/c1-3-4-5-6-7-11-14-23-18(15-16(2)19(20,21)22)17-12-9-8-10-13-17/h8-10,12-13,15,18H,3-7,11,14H2,1-2H3/b16-15+. The van der Waals surface area contributed by atoms with E-state index in [0.717, 1.165) is 31.1 Å². The first-order chi connectivity index (χ1) is 10.9. The SMILES string of the molecule is CCCCCCCCSC(/C=C(\C)C(F)(F)F)c1ccccc1. The maximum atomic E-state index is 12.8. The molecule has 0 N–H and O–H groups in total. The second-order valence-electron chi connectivity index (χ2n) is 5.82. The first-order valence-electron chi connectivity index (χ1n) is 8.37. The summed E-state index contributed by atoms with van der Waals surface area (Å²) in [5.41, 5.74) is 0.425. The van der Waals surface area contributed by atoms with Crippen molar-refractivity contribution in [3.05, 3.63) is 47.5 Å². The zero-order valence-corrected chi connectivity index (χ0v) is 14.8. The lowest BCUT2D eigenvalue weighted by atomic mass is 10.1. The van der Waals surface area contributed by atoms with Gasteiger partial charge in [-0.3, -0.25) is 0 Å². The lowest BCUT2D eigenvalue weighted by Gasteiger charge is -2.16. The second-order valence-corrected chi connectivity index (χ2v) is 7.07. The monoisotopic (exact) mass is 344 g/mol. The van der Waals surface area contributed by atoms with E-state index < -0.39 is 11.7 Å². The molecule has 1 aromatic rings. The van der Waals surface area contributed by atoms with Gasteiger partial charge in [0, 0.05) is 10.8 Å². The predicted octanol–water partition coefficient (Wildman–Crippen LogP) is 7.33. The fourth-order valence-corrected chi connectivity index (χ4v) is 3.57. The summed E-state index contributed by atoms with van der Waals surface area (Å²) in [6, 6.07) is 9.45. The molecule has 0 amide bonds. The minimum absolute atomic E-state index is 0.228. The van der Waals surface area contributed by atoms with Gasteiger partial charge < -0.3 is 0 Å². The number of allylic oxidation sites excluding steroid dienone is 1. The van der Waals surface area contributed by atoms with Crippen LogP contribution in [0.2, 0.25) is 0 Å². The number of halogens is 3. The number of thioether (sulfide) groups is 1. The minimum atomic E-state index is -4.24. The fourth-order valence-electron chi connectivity index (χ4n) is 2.30. The van der Waals surface area contributed by atoms with Crippen molar-refractivity contribution in [3.8, 4) is 0 Å². The number of hydrogen-bond acceptors (Lipinski definition) is 1. The van der Waals surface area contributed by atoms with Crippen LogP contribution in [0.15, 0.2) is 42.0 Å². The third-order valence-electron chi connectivity index (χ3n) is 3.77. The average molecular weight is 344 g/mol. The van der Waals surface area contributed by atoms with Crippen LogP contribution in [-0.2, 0) is 0 Å². The van der Waals surface area contributed by atoms with Crippen LogP contribution in [0.4, 0.5) is 13.2 Å². The van der Waals surface area contributed by atoms with Gasteiger partial charge in [0.25, 0.3) is 0 Å². The van der Waals surface area contributed by atoms with E-state index in [1.165, 1.54) is 31.8 Å². The summed E-state index contributed by atoms with van der Waals surface area (Å²) in [7, 11) is 0. The summed E-state index contributed by atoms with van der Waals surface area (Å²) in [4.78, 5) is 0. The molecule has 1 atom stereocenters. The Kier molecular flexibility index (Phi) is 9.46. The second kappa shape index (κ2) is 10.8. The molecule has 23 heavy (non-hydrogen) atoms. The average Bonchev–Trinajstić information content (AvgIpc) is 2.52. The maximum Gasteiger partial charge on any atom is 0.412 e. The molecule has 0 spiro atoms. The van der Waals surface area contributed by atoms with Crippen molar-refractivity contribution in [1.82, 2.24) is 0 Å². The van der Waals surface area contributed by atoms with Crippen LogP contribution >= 0.6 is 11.8 Å². The van der Waals surface area contributed by atoms with Crippen molar-refractivity contribution in [2.45, 2.75) is 63.8 Å². The quantitative estimate of drug-likeness (QED) is 0.316. The molecule has 0 bridgehead atoms. The molecule has 4 heteroatoms. The smallest absolute Gasteiger partial charge is 0.167 e. The molecule has 0 aromatic heterocycles. The highest BCUT2D eigenvalue weighted by Crippen LogP contribution is 2.35. The van der Waals surface area contributed by atoms with Crippen LogP contribution < -0.4 is 0 Å². The van der Waals surface area contributed by atoms with Gasteiger partial charge in [0.05, 0.1) is 0 Å². The molecular weight excluding hydrogens is 317 g/mol. The van der Waals surface area contributed by atoms with Gasteiger partial charge in [-0.15, -0.1) is 11.8 Å². The van der Waals surface area contributed by atoms with Crippen molar-refractivity contribution in [1.29, 1.82) is 0 Å². The van der Waals surface area contributed by atoms with Crippen LogP contribution in [-0.4, -0.2) is 11.9 Å². The normalized spacial score (nSPS) is 14.0. The van der Waals surface area contributed by atoms with Gasteiger partial charge >= 0.3 is 6.18 Å². The molecule has 1 unspecified atom stereocenters. The molecule has 1 aromatic carbocycles. The topological polar surface area (TPSA) is 0 Å². The summed E-state index contributed by atoms with van der Waals surface area (Å²) in [6.07, 6.45) is 4.33. The van der Waals surface area contributed by atoms with Crippen molar-refractivity contribution < 1.29 is 13.2 Å². The molecule has 1 rings (SSSR count). The van der Waals surface area contributed by atoms with Crippen LogP contribution in [0.3, 0.4) is 0 Å². The van der Waals surface area contributed by atoms with E-state index in [-0.39, 0.29) is 5.25 Å². The number of unbranched alkanes of at least 4 members (excludes halogenated alkanes) is 5. The van der Waals surface area contributed by atoms with Gasteiger partial charge in [0.15, 0.2) is 0 Å². The highest BCUT2D eigenvalue weighted by Gasteiger charge is 2.30. The molecule has 0 saturated carbocycles. The van der Waals surface area contributed by atoms with E-state index in [1.54, 1.807) is 11.8 Å². The first-order valence-corrected chi connectivity index (χ1v) is 9.42. The molecule has 0 heterocycles. The fraction of sp³-hybridized carbons (Fsp3) is 0.579. The Labute approximate surface area is 142 Å². The molecule has 0 aliphatic carbocycles. The number of hydrogen-bond donors (Lipinski definition) is 0. The van der Waals surface area contributed by atoms with Gasteiger partial charge in [0.2, 0.25) is 0 Å². The summed E-state index contributed by atoms with van der Waals surface area (Å²) < 4.78 is 38.4. The molecule has 0 saturated heterocycles. The van der Waals surface area contributed by atoms with Gasteiger partial charge in [-0.05, 0) is 24.7 Å². The molecule has 0 aliphatic heterocycles. The van der Waals surface area contributed by atoms with E-state index in [9.17, 15) is 13.2 Å². The van der Waals surface area contributed by atoms with Crippen molar-refractivity contribution in [2.24, 2.45) is 0 Å². The summed E-state index contributed by atoms with van der Waals surface area (Å²) >= 11 is 1.61. The highest BCUT2D eigenvalue weighted by atomic mass is 32.2. The third kappa shape index (κ3) is 8.50.